The second-order valence-corrected chi connectivity index (χ2v) is 6.10. The molecule has 132 valence electrons. The molecule has 1 aliphatic heterocycles. The van der Waals surface area contributed by atoms with E-state index >= 15 is 0 Å². The number of aryl methyl sites for hydroxylation is 1. The second kappa shape index (κ2) is 7.57. The molecule has 0 aliphatic carbocycles. The number of methoxy groups -OCH3 is 2. The third-order valence-electron chi connectivity index (χ3n) is 4.59. The molecule has 0 bridgehead atoms. The van der Waals surface area contributed by atoms with Gasteiger partial charge in [-0.15, -0.1) is 0 Å². The summed E-state index contributed by atoms with van der Waals surface area (Å²) < 4.78 is 10.5. The van der Waals surface area contributed by atoms with Crippen molar-refractivity contribution in [3.63, 3.8) is 0 Å². The average Bonchev–Trinajstić information content (AvgIpc) is 2.66. The zero-order valence-corrected chi connectivity index (χ0v) is 14.6. The average molecular weight is 341 g/mol. The summed E-state index contributed by atoms with van der Waals surface area (Å²) in [6.45, 7) is 0.545. The minimum Gasteiger partial charge on any atom is -0.493 e. The Hall–Kier alpha value is -2.53. The molecule has 0 saturated heterocycles. The lowest BCUT2D eigenvalue weighted by Gasteiger charge is -2.32. The summed E-state index contributed by atoms with van der Waals surface area (Å²) in [5.74, 6) is 1.41. The van der Waals surface area contributed by atoms with Crippen molar-refractivity contribution in [2.75, 3.05) is 25.7 Å². The van der Waals surface area contributed by atoms with E-state index in [-0.39, 0.29) is 5.91 Å². The predicted octanol–water partition coefficient (Wildman–Crippen LogP) is 3.11. The van der Waals surface area contributed by atoms with E-state index in [1.165, 1.54) is 0 Å². The van der Waals surface area contributed by atoms with Crippen LogP contribution in [-0.4, -0.2) is 31.8 Å². The molecule has 1 amide bonds. The van der Waals surface area contributed by atoms with Crippen LogP contribution in [0.3, 0.4) is 0 Å². The van der Waals surface area contributed by atoms with Crippen LogP contribution >= 0.6 is 0 Å². The molecule has 1 N–H and O–H groups in total. The largest absolute Gasteiger partial charge is 0.493 e. The van der Waals surface area contributed by atoms with Crippen LogP contribution in [-0.2, 0) is 11.2 Å². The molecular weight excluding hydrogens is 318 g/mol. The van der Waals surface area contributed by atoms with Crippen molar-refractivity contribution in [1.82, 2.24) is 0 Å². The molecule has 0 aromatic heterocycles. The number of carbonyl (C=O) groups excluding carboxylic acids is 1. The Morgan fingerprint density at radius 2 is 1.92 bits per heavy atom. The number of hydrogen-bond donors (Lipinski definition) is 1. The van der Waals surface area contributed by atoms with Crippen molar-refractivity contribution in [1.29, 1.82) is 0 Å². The number of anilines is 1. The number of amides is 1. The maximum atomic E-state index is 12.7. The second-order valence-electron chi connectivity index (χ2n) is 6.10. The lowest BCUT2D eigenvalue weighted by atomic mass is 9.98. The van der Waals surface area contributed by atoms with Crippen molar-refractivity contribution in [2.24, 2.45) is 0 Å². The molecular formula is C20H23NO4. The first-order valence-corrected chi connectivity index (χ1v) is 8.42. The topological polar surface area (TPSA) is 59.0 Å². The monoisotopic (exact) mass is 341 g/mol. The minimum absolute atomic E-state index is 0.0640. The van der Waals surface area contributed by atoms with E-state index in [1.807, 2.05) is 42.5 Å². The van der Waals surface area contributed by atoms with E-state index in [1.54, 1.807) is 19.1 Å². The van der Waals surface area contributed by atoms with Gasteiger partial charge in [0.2, 0.25) is 5.91 Å². The number of nitrogens with zero attached hydrogens (tertiary/aromatic N) is 1. The highest BCUT2D eigenvalue weighted by Gasteiger charge is 2.26. The normalized spacial score (nSPS) is 16.3. The highest BCUT2D eigenvalue weighted by Crippen LogP contribution is 2.34. The van der Waals surface area contributed by atoms with Gasteiger partial charge in [0.15, 0.2) is 11.5 Å². The fourth-order valence-electron chi connectivity index (χ4n) is 3.22. The van der Waals surface area contributed by atoms with Crippen LogP contribution in [0, 0.1) is 0 Å². The molecule has 0 spiro atoms. The maximum absolute atomic E-state index is 12.7. The van der Waals surface area contributed by atoms with Gasteiger partial charge in [-0.3, -0.25) is 4.79 Å². The third kappa shape index (κ3) is 3.61. The fraction of sp³-hybridized carbons (Fsp3) is 0.350. The SMILES string of the molecule is COc1ccc(CCC(=O)N2CCC(O)c3ccccc32)cc1OC. The number of hydrogen-bond acceptors (Lipinski definition) is 4. The quantitative estimate of drug-likeness (QED) is 0.908. The summed E-state index contributed by atoms with van der Waals surface area (Å²) >= 11 is 0. The van der Waals surface area contributed by atoms with Gasteiger partial charge in [0.1, 0.15) is 0 Å². The van der Waals surface area contributed by atoms with Crippen LogP contribution in [0.1, 0.15) is 30.1 Å². The van der Waals surface area contributed by atoms with Crippen LogP contribution in [0.5, 0.6) is 11.5 Å². The molecule has 2 aromatic carbocycles. The summed E-state index contributed by atoms with van der Waals surface area (Å²) in [6, 6.07) is 13.3. The Morgan fingerprint density at radius 1 is 1.16 bits per heavy atom. The van der Waals surface area contributed by atoms with Crippen LogP contribution in [0.25, 0.3) is 0 Å². The Bertz CT molecular complexity index is 759. The van der Waals surface area contributed by atoms with Crippen LogP contribution < -0.4 is 14.4 Å². The summed E-state index contributed by atoms with van der Waals surface area (Å²) in [5.41, 5.74) is 2.67. The van der Waals surface area contributed by atoms with Gasteiger partial charge in [0.05, 0.1) is 20.3 Å². The van der Waals surface area contributed by atoms with Crippen molar-refractivity contribution in [3.8, 4) is 11.5 Å². The smallest absolute Gasteiger partial charge is 0.227 e. The van der Waals surface area contributed by atoms with Crippen LogP contribution in [0.2, 0.25) is 0 Å². The van der Waals surface area contributed by atoms with Crippen LogP contribution in [0.4, 0.5) is 5.69 Å². The molecule has 3 rings (SSSR count). The van der Waals surface area contributed by atoms with E-state index < -0.39 is 6.10 Å². The summed E-state index contributed by atoms with van der Waals surface area (Å²) in [5, 5.41) is 10.1. The van der Waals surface area contributed by atoms with Gasteiger partial charge in [-0.25, -0.2) is 0 Å². The highest BCUT2D eigenvalue weighted by molar-refractivity contribution is 5.94. The number of carbonyl (C=O) groups is 1. The standard InChI is InChI=1S/C20H23NO4/c1-24-18-9-7-14(13-19(18)25-2)8-10-20(23)21-12-11-17(22)15-5-3-4-6-16(15)21/h3-7,9,13,17,22H,8,10-12H2,1-2H3. The lowest BCUT2D eigenvalue weighted by molar-refractivity contribution is -0.118. The summed E-state index contributed by atoms with van der Waals surface area (Å²) in [4.78, 5) is 14.5. The molecule has 25 heavy (non-hydrogen) atoms. The van der Waals surface area contributed by atoms with Gasteiger partial charge < -0.3 is 19.5 Å². The first kappa shape index (κ1) is 17.3. The molecule has 0 fully saturated rings. The van der Waals surface area contributed by atoms with Crippen molar-refractivity contribution in [3.05, 3.63) is 53.6 Å². The fourth-order valence-corrected chi connectivity index (χ4v) is 3.22. The highest BCUT2D eigenvalue weighted by atomic mass is 16.5. The minimum atomic E-state index is -0.494. The van der Waals surface area contributed by atoms with Crippen molar-refractivity contribution in [2.45, 2.75) is 25.4 Å². The number of aliphatic hydroxyl groups excluding tert-OH is 1. The van der Waals surface area contributed by atoms with E-state index in [2.05, 4.69) is 0 Å². The zero-order valence-electron chi connectivity index (χ0n) is 14.6. The van der Waals surface area contributed by atoms with E-state index in [0.29, 0.717) is 37.3 Å². The molecule has 5 heteroatoms. The number of rotatable bonds is 5. The van der Waals surface area contributed by atoms with Gasteiger partial charge >= 0.3 is 0 Å². The summed E-state index contributed by atoms with van der Waals surface area (Å²) in [7, 11) is 3.20. The number of aliphatic hydroxyl groups is 1. The number of para-hydroxylation sites is 1. The molecule has 2 aromatic rings. The Morgan fingerprint density at radius 3 is 2.68 bits per heavy atom. The molecule has 5 nitrogen and oxygen atoms in total. The molecule has 0 radical (unpaired) electrons. The van der Waals surface area contributed by atoms with Gasteiger partial charge in [0.25, 0.3) is 0 Å². The van der Waals surface area contributed by atoms with E-state index in [9.17, 15) is 9.90 Å². The molecule has 1 unspecified atom stereocenters. The van der Waals surface area contributed by atoms with Crippen molar-refractivity contribution >= 4 is 11.6 Å². The lowest BCUT2D eigenvalue weighted by Crippen LogP contribution is -2.36. The number of fused-ring (bicyclic) bond motifs is 1. The predicted molar refractivity (Wildman–Crippen MR) is 96.2 cm³/mol. The molecule has 1 atom stereocenters. The summed E-state index contributed by atoms with van der Waals surface area (Å²) in [6.07, 6.45) is 1.10. The van der Waals surface area contributed by atoms with Crippen LogP contribution in [0.15, 0.2) is 42.5 Å². The Kier molecular flexibility index (Phi) is 5.24. The van der Waals surface area contributed by atoms with Gasteiger partial charge in [-0.2, -0.15) is 0 Å². The first-order valence-electron chi connectivity index (χ1n) is 8.42. The molecule has 1 heterocycles. The van der Waals surface area contributed by atoms with Crippen molar-refractivity contribution < 1.29 is 19.4 Å². The molecule has 0 saturated carbocycles. The van der Waals surface area contributed by atoms with Gasteiger partial charge in [-0.1, -0.05) is 24.3 Å². The van der Waals surface area contributed by atoms with Gasteiger partial charge in [-0.05, 0) is 36.6 Å². The van der Waals surface area contributed by atoms with E-state index in [4.69, 9.17) is 9.47 Å². The first-order chi connectivity index (χ1) is 12.1. The number of benzene rings is 2. The zero-order chi connectivity index (χ0) is 17.8. The maximum Gasteiger partial charge on any atom is 0.227 e. The Balaban J connectivity index is 1.70. The van der Waals surface area contributed by atoms with Gasteiger partial charge in [0, 0.05) is 24.2 Å². The Labute approximate surface area is 147 Å². The third-order valence-corrected chi connectivity index (χ3v) is 4.59. The molecule has 1 aliphatic rings. The number of ether oxygens (including phenoxy) is 2. The van der Waals surface area contributed by atoms with E-state index in [0.717, 1.165) is 16.8 Å².